The van der Waals surface area contributed by atoms with Gasteiger partial charge < -0.3 is 15.7 Å². The summed E-state index contributed by atoms with van der Waals surface area (Å²) in [6.07, 6.45) is 1.41. The Hall–Kier alpha value is -2.62. The highest BCUT2D eigenvalue weighted by Crippen LogP contribution is 2.25. The minimum atomic E-state index is -1.10. The Bertz CT molecular complexity index is 1110. The summed E-state index contributed by atoms with van der Waals surface area (Å²) < 4.78 is 3.07. The predicted molar refractivity (Wildman–Crippen MR) is 117 cm³/mol. The Morgan fingerprint density at radius 2 is 2.00 bits per heavy atom. The van der Waals surface area contributed by atoms with Gasteiger partial charge >= 0.3 is 5.97 Å². The number of aromatic carboxylic acids is 1. The Kier molecular flexibility index (Phi) is 6.11. The van der Waals surface area contributed by atoms with E-state index in [9.17, 15) is 9.90 Å². The molecule has 2 heterocycles. The van der Waals surface area contributed by atoms with Gasteiger partial charge in [0, 0.05) is 17.1 Å². The maximum atomic E-state index is 11.4. The van der Waals surface area contributed by atoms with Crippen LogP contribution in [0, 0.1) is 13.8 Å². The monoisotopic (exact) mass is 452 g/mol. The number of carboxylic acid groups (broad SMARTS) is 1. The molecular weight excluding hydrogens is 435 g/mol. The zero-order valence-electron chi connectivity index (χ0n) is 15.8. The third-order valence-corrected chi connectivity index (χ3v) is 5.14. The largest absolute Gasteiger partial charge is 0.476 e. The number of thiocarbonyl (C=S) groups is 1. The highest BCUT2D eigenvalue weighted by atomic mass is 35.5. The molecule has 0 amide bonds. The Morgan fingerprint density at radius 1 is 1.28 bits per heavy atom. The van der Waals surface area contributed by atoms with E-state index in [1.165, 1.54) is 10.9 Å². The first-order valence-electron chi connectivity index (χ1n) is 8.48. The number of benzene rings is 1. The van der Waals surface area contributed by atoms with Crippen LogP contribution in [0.15, 0.2) is 24.4 Å². The Balaban J connectivity index is 1.78. The van der Waals surface area contributed by atoms with Crippen LogP contribution in [-0.2, 0) is 13.6 Å². The summed E-state index contributed by atoms with van der Waals surface area (Å²) in [5.41, 5.74) is 3.51. The lowest BCUT2D eigenvalue weighted by atomic mass is 10.2. The van der Waals surface area contributed by atoms with Gasteiger partial charge in [-0.25, -0.2) is 4.79 Å². The van der Waals surface area contributed by atoms with Crippen molar-refractivity contribution in [1.29, 1.82) is 0 Å². The van der Waals surface area contributed by atoms with Crippen LogP contribution in [0.5, 0.6) is 0 Å². The summed E-state index contributed by atoms with van der Waals surface area (Å²) >= 11 is 17.6. The second kappa shape index (κ2) is 8.40. The predicted octanol–water partition coefficient (Wildman–Crippen LogP) is 4.10. The van der Waals surface area contributed by atoms with Gasteiger partial charge in [0.05, 0.1) is 35.5 Å². The van der Waals surface area contributed by atoms with E-state index in [-0.39, 0.29) is 10.8 Å². The first-order chi connectivity index (χ1) is 13.7. The molecule has 8 nitrogen and oxygen atoms in total. The molecule has 0 saturated heterocycles. The molecular formula is C18H18Cl2N6O2S. The molecule has 0 fully saturated rings. The molecule has 0 bridgehead atoms. The number of hydrogen-bond donors (Lipinski definition) is 3. The zero-order chi connectivity index (χ0) is 21.3. The van der Waals surface area contributed by atoms with Crippen molar-refractivity contribution >= 4 is 57.9 Å². The van der Waals surface area contributed by atoms with Crippen LogP contribution in [0.3, 0.4) is 0 Å². The van der Waals surface area contributed by atoms with E-state index in [0.29, 0.717) is 22.3 Å². The number of hydrogen-bond acceptors (Lipinski definition) is 4. The summed E-state index contributed by atoms with van der Waals surface area (Å²) in [5, 5.41) is 25.1. The lowest BCUT2D eigenvalue weighted by Gasteiger charge is -2.11. The van der Waals surface area contributed by atoms with E-state index in [1.54, 1.807) is 19.2 Å². The van der Waals surface area contributed by atoms with Crippen molar-refractivity contribution in [3.63, 3.8) is 0 Å². The highest BCUT2D eigenvalue weighted by molar-refractivity contribution is 7.80. The fourth-order valence-corrected chi connectivity index (χ4v) is 3.57. The van der Waals surface area contributed by atoms with Gasteiger partial charge in [0.1, 0.15) is 0 Å². The minimum absolute atomic E-state index is 0.00988. The molecule has 0 aliphatic heterocycles. The lowest BCUT2D eigenvalue weighted by molar-refractivity contribution is 0.0686. The topological polar surface area (TPSA) is 97.0 Å². The molecule has 0 atom stereocenters. The minimum Gasteiger partial charge on any atom is -0.476 e. The molecule has 0 spiro atoms. The van der Waals surface area contributed by atoms with E-state index < -0.39 is 5.97 Å². The summed E-state index contributed by atoms with van der Waals surface area (Å²) in [4.78, 5) is 11.4. The molecule has 0 aliphatic rings. The number of carboxylic acids is 1. The van der Waals surface area contributed by atoms with Crippen LogP contribution in [0.4, 0.5) is 11.4 Å². The molecule has 0 radical (unpaired) electrons. The molecule has 3 N–H and O–H groups in total. The number of carbonyl (C=O) groups is 1. The molecule has 2 aromatic heterocycles. The van der Waals surface area contributed by atoms with E-state index >= 15 is 0 Å². The van der Waals surface area contributed by atoms with Crippen molar-refractivity contribution in [2.45, 2.75) is 20.4 Å². The van der Waals surface area contributed by atoms with Crippen molar-refractivity contribution in [3.05, 3.63) is 57.1 Å². The summed E-state index contributed by atoms with van der Waals surface area (Å²) in [5.74, 6) is -1.10. The molecule has 11 heteroatoms. The number of aromatic nitrogens is 4. The highest BCUT2D eigenvalue weighted by Gasteiger charge is 2.18. The van der Waals surface area contributed by atoms with Gasteiger partial charge in [-0.1, -0.05) is 29.3 Å². The van der Waals surface area contributed by atoms with Crippen LogP contribution in [0.2, 0.25) is 10.0 Å². The molecule has 0 aliphatic carbocycles. The number of nitrogens with one attached hydrogen (secondary N) is 2. The maximum Gasteiger partial charge on any atom is 0.356 e. The average Bonchev–Trinajstić information content (AvgIpc) is 3.12. The van der Waals surface area contributed by atoms with Crippen molar-refractivity contribution in [2.75, 3.05) is 10.6 Å². The third kappa shape index (κ3) is 4.52. The van der Waals surface area contributed by atoms with Crippen molar-refractivity contribution in [3.8, 4) is 0 Å². The van der Waals surface area contributed by atoms with E-state index in [2.05, 4.69) is 20.8 Å². The number of anilines is 2. The summed E-state index contributed by atoms with van der Waals surface area (Å²) in [6, 6.07) is 5.33. The molecule has 29 heavy (non-hydrogen) atoms. The van der Waals surface area contributed by atoms with Gasteiger partial charge in [0.2, 0.25) is 0 Å². The molecule has 1 aromatic carbocycles. The van der Waals surface area contributed by atoms with Crippen LogP contribution in [-0.4, -0.2) is 35.7 Å². The van der Waals surface area contributed by atoms with Crippen molar-refractivity contribution in [1.82, 2.24) is 19.6 Å². The van der Waals surface area contributed by atoms with Crippen molar-refractivity contribution in [2.24, 2.45) is 7.05 Å². The fourth-order valence-electron chi connectivity index (χ4n) is 2.89. The first kappa shape index (κ1) is 21.1. The first-order valence-corrected chi connectivity index (χ1v) is 9.65. The third-order valence-electron chi connectivity index (χ3n) is 4.34. The van der Waals surface area contributed by atoms with E-state index in [0.717, 1.165) is 22.6 Å². The standard InChI is InChI=1S/C18H18Cl2N6O2S/c1-9-15(23-18(29)22-14-7-21-25(3)16(14)17(27)28)10(2)26(24-9)8-11-4-5-12(19)6-13(11)20/h4-7H,8H2,1-3H3,(H,27,28)(H2,22,23,29). The number of nitrogens with zero attached hydrogens (tertiary/aromatic N) is 4. The molecule has 0 unspecified atom stereocenters. The van der Waals surface area contributed by atoms with Crippen LogP contribution >= 0.6 is 35.4 Å². The van der Waals surface area contributed by atoms with Crippen LogP contribution in [0.1, 0.15) is 27.4 Å². The van der Waals surface area contributed by atoms with E-state index in [4.69, 9.17) is 35.4 Å². The second-order valence-electron chi connectivity index (χ2n) is 6.35. The van der Waals surface area contributed by atoms with Gasteiger partial charge in [-0.15, -0.1) is 0 Å². The number of aryl methyl sites for hydroxylation is 2. The summed E-state index contributed by atoms with van der Waals surface area (Å²) in [6.45, 7) is 4.22. The maximum absolute atomic E-state index is 11.4. The number of halogens is 2. The average molecular weight is 453 g/mol. The van der Waals surface area contributed by atoms with Gasteiger partial charge in [-0.3, -0.25) is 9.36 Å². The van der Waals surface area contributed by atoms with Gasteiger partial charge in [0.25, 0.3) is 0 Å². The molecule has 152 valence electrons. The SMILES string of the molecule is Cc1nn(Cc2ccc(Cl)cc2Cl)c(C)c1NC(=S)Nc1cnn(C)c1C(=O)O. The smallest absolute Gasteiger partial charge is 0.356 e. The van der Waals surface area contributed by atoms with Crippen LogP contribution in [0.25, 0.3) is 0 Å². The van der Waals surface area contributed by atoms with Crippen LogP contribution < -0.4 is 10.6 Å². The second-order valence-corrected chi connectivity index (χ2v) is 7.61. The molecule has 0 saturated carbocycles. The quantitative estimate of drug-likeness (QED) is 0.501. The van der Waals surface area contributed by atoms with Gasteiger partial charge in [0.15, 0.2) is 10.8 Å². The van der Waals surface area contributed by atoms with Gasteiger partial charge in [-0.2, -0.15) is 10.2 Å². The molecule has 3 aromatic rings. The van der Waals surface area contributed by atoms with E-state index in [1.807, 2.05) is 24.6 Å². The summed E-state index contributed by atoms with van der Waals surface area (Å²) in [7, 11) is 1.55. The molecule has 3 rings (SSSR count). The fraction of sp³-hybridized carbons (Fsp3) is 0.222. The normalized spacial score (nSPS) is 10.8. The number of rotatable bonds is 5. The van der Waals surface area contributed by atoms with Gasteiger partial charge in [-0.05, 0) is 43.8 Å². The zero-order valence-corrected chi connectivity index (χ0v) is 18.2. The van der Waals surface area contributed by atoms with Crippen molar-refractivity contribution < 1.29 is 9.90 Å². The Labute approximate surface area is 182 Å². The lowest BCUT2D eigenvalue weighted by Crippen LogP contribution is -2.21. The Morgan fingerprint density at radius 3 is 2.66 bits per heavy atom.